The fourth-order valence-electron chi connectivity index (χ4n) is 5.18. The highest BCUT2D eigenvalue weighted by Crippen LogP contribution is 2.44. The van der Waals surface area contributed by atoms with Gasteiger partial charge < -0.3 is 14.6 Å². The smallest absolute Gasteiger partial charge is 0.225 e. The number of aromatic nitrogens is 1. The maximum atomic E-state index is 13.1. The molecule has 0 radical (unpaired) electrons. The number of sulfone groups is 1. The molecule has 1 aromatic heterocycles. The third-order valence-electron chi connectivity index (χ3n) is 7.38. The van der Waals surface area contributed by atoms with Crippen molar-refractivity contribution in [2.24, 2.45) is 5.92 Å². The number of carbonyl (C=O) groups is 1. The zero-order valence-corrected chi connectivity index (χ0v) is 20.2. The van der Waals surface area contributed by atoms with Crippen LogP contribution in [0.5, 0.6) is 0 Å². The lowest BCUT2D eigenvalue weighted by molar-refractivity contribution is -0.127. The molecule has 2 saturated carbocycles. The van der Waals surface area contributed by atoms with Crippen LogP contribution in [-0.2, 0) is 14.6 Å². The number of hydrogen-bond donors (Lipinski definition) is 1. The first-order valence-electron chi connectivity index (χ1n) is 12.1. The number of aryl methyl sites for hydroxylation is 1. The van der Waals surface area contributed by atoms with Gasteiger partial charge in [0.05, 0.1) is 17.6 Å². The lowest BCUT2D eigenvalue weighted by Gasteiger charge is -2.30. The van der Waals surface area contributed by atoms with Gasteiger partial charge in [0.1, 0.15) is 17.0 Å². The van der Waals surface area contributed by atoms with E-state index in [-0.39, 0.29) is 29.2 Å². The predicted molar refractivity (Wildman–Crippen MR) is 128 cm³/mol. The number of nitrogens with one attached hydrogen (secondary N) is 1. The molecule has 0 spiro atoms. The minimum Gasteiger partial charge on any atom is -0.445 e. The van der Waals surface area contributed by atoms with Crippen LogP contribution in [0.3, 0.4) is 0 Å². The molecule has 2 aromatic rings. The van der Waals surface area contributed by atoms with Crippen molar-refractivity contribution in [1.82, 2.24) is 10.3 Å². The third kappa shape index (κ3) is 4.56. The van der Waals surface area contributed by atoms with E-state index in [2.05, 4.69) is 21.3 Å². The van der Waals surface area contributed by atoms with E-state index >= 15 is 0 Å². The van der Waals surface area contributed by atoms with Crippen LogP contribution < -0.4 is 10.2 Å². The maximum Gasteiger partial charge on any atom is 0.225 e. The van der Waals surface area contributed by atoms with Crippen LogP contribution in [0.25, 0.3) is 11.3 Å². The molecule has 2 heterocycles. The van der Waals surface area contributed by atoms with Crippen LogP contribution >= 0.6 is 0 Å². The zero-order chi connectivity index (χ0) is 23.9. The first-order valence-corrected chi connectivity index (χ1v) is 13.9. The van der Waals surface area contributed by atoms with E-state index in [1.54, 1.807) is 0 Å². The van der Waals surface area contributed by atoms with Gasteiger partial charge in [-0.15, -0.1) is 0 Å². The molecular weight excluding hydrogens is 452 g/mol. The fraction of sp³-hybridized carbons (Fsp3) is 0.560. The van der Waals surface area contributed by atoms with Crippen molar-refractivity contribution in [2.75, 3.05) is 29.5 Å². The summed E-state index contributed by atoms with van der Waals surface area (Å²) in [4.78, 5) is 19.9. The van der Waals surface area contributed by atoms with E-state index in [0.29, 0.717) is 31.8 Å². The SMILES string of the molecule is Cc1nc(-c2ccc(N3CCS(=O)(=O)CC3)cc2)c([C@@H]2CCCC[C@H]2C(=O)NC2(C#N)CC2)o1. The Labute approximate surface area is 200 Å². The Morgan fingerprint density at radius 3 is 2.50 bits per heavy atom. The van der Waals surface area contributed by atoms with Crippen LogP contribution in [0.4, 0.5) is 5.69 Å². The second kappa shape index (κ2) is 8.73. The first kappa shape index (κ1) is 22.9. The van der Waals surface area contributed by atoms with Gasteiger partial charge in [0.25, 0.3) is 0 Å². The molecule has 3 fully saturated rings. The van der Waals surface area contributed by atoms with E-state index in [9.17, 15) is 18.5 Å². The summed E-state index contributed by atoms with van der Waals surface area (Å²) in [7, 11) is -2.93. The van der Waals surface area contributed by atoms with Crippen molar-refractivity contribution in [2.45, 2.75) is 56.9 Å². The Morgan fingerprint density at radius 1 is 1.18 bits per heavy atom. The van der Waals surface area contributed by atoms with E-state index < -0.39 is 15.4 Å². The molecule has 0 bridgehead atoms. The Morgan fingerprint density at radius 2 is 1.85 bits per heavy atom. The maximum absolute atomic E-state index is 13.1. The van der Waals surface area contributed by atoms with Crippen molar-refractivity contribution in [3.63, 3.8) is 0 Å². The standard InChI is InChI=1S/C25H30N4O4S/c1-17-27-22(18-6-8-19(9-7-18)29-12-14-34(31,32)15-13-29)23(33-17)20-4-2-3-5-21(20)24(30)28-25(16-26)10-11-25/h6-9,20-21H,2-5,10-15H2,1H3,(H,28,30)/t20-,21-/m1/s1. The van der Waals surface area contributed by atoms with Crippen LogP contribution in [0, 0.1) is 24.2 Å². The molecule has 2 atom stereocenters. The van der Waals surface area contributed by atoms with Crippen molar-refractivity contribution in [1.29, 1.82) is 5.26 Å². The predicted octanol–water partition coefficient (Wildman–Crippen LogP) is 3.33. The van der Waals surface area contributed by atoms with Crippen molar-refractivity contribution in [3.8, 4) is 17.3 Å². The molecule has 0 unspecified atom stereocenters. The monoisotopic (exact) mass is 482 g/mol. The summed E-state index contributed by atoms with van der Waals surface area (Å²) in [5.74, 6) is 1.30. The van der Waals surface area contributed by atoms with Crippen LogP contribution in [0.15, 0.2) is 28.7 Å². The van der Waals surface area contributed by atoms with E-state index in [0.717, 1.165) is 48.4 Å². The van der Waals surface area contributed by atoms with Crippen molar-refractivity contribution < 1.29 is 17.6 Å². The van der Waals surface area contributed by atoms with E-state index in [1.165, 1.54) is 0 Å². The van der Waals surface area contributed by atoms with Gasteiger partial charge in [0, 0.05) is 43.1 Å². The quantitative estimate of drug-likeness (QED) is 0.695. The number of nitrogens with zero attached hydrogens (tertiary/aromatic N) is 3. The molecule has 3 aliphatic rings. The summed E-state index contributed by atoms with van der Waals surface area (Å²) >= 11 is 0. The molecule has 1 aromatic carbocycles. The zero-order valence-electron chi connectivity index (χ0n) is 19.4. The molecule has 2 aliphatic carbocycles. The molecule has 34 heavy (non-hydrogen) atoms. The summed E-state index contributed by atoms with van der Waals surface area (Å²) < 4.78 is 29.6. The largest absolute Gasteiger partial charge is 0.445 e. The molecule has 8 nitrogen and oxygen atoms in total. The number of nitriles is 1. The van der Waals surface area contributed by atoms with Gasteiger partial charge in [-0.25, -0.2) is 13.4 Å². The second-order valence-electron chi connectivity index (χ2n) is 9.81. The summed E-state index contributed by atoms with van der Waals surface area (Å²) in [6.07, 6.45) is 5.06. The highest BCUT2D eigenvalue weighted by Gasteiger charge is 2.47. The van der Waals surface area contributed by atoms with Crippen LogP contribution in [-0.4, -0.2) is 49.4 Å². The molecule has 1 N–H and O–H groups in total. The highest BCUT2D eigenvalue weighted by molar-refractivity contribution is 7.91. The summed E-state index contributed by atoms with van der Waals surface area (Å²) in [6.45, 7) is 2.82. The average Bonchev–Trinajstić information content (AvgIpc) is 3.50. The average molecular weight is 483 g/mol. The molecule has 5 rings (SSSR count). The number of oxazole rings is 1. The van der Waals surface area contributed by atoms with Crippen molar-refractivity contribution in [3.05, 3.63) is 35.9 Å². The number of benzene rings is 1. The van der Waals surface area contributed by atoms with E-state index in [4.69, 9.17) is 4.42 Å². The molecule has 180 valence electrons. The number of anilines is 1. The molecule has 1 aliphatic heterocycles. The highest BCUT2D eigenvalue weighted by atomic mass is 32.2. The number of carbonyl (C=O) groups excluding carboxylic acids is 1. The summed E-state index contributed by atoms with van der Waals surface area (Å²) in [5.41, 5.74) is 1.99. The molecule has 9 heteroatoms. The molecular formula is C25H30N4O4S. The molecule has 1 amide bonds. The minimum absolute atomic E-state index is 0.0563. The fourth-order valence-corrected chi connectivity index (χ4v) is 6.38. The number of amides is 1. The number of rotatable bonds is 5. The van der Waals surface area contributed by atoms with Gasteiger partial charge in [-0.2, -0.15) is 5.26 Å². The van der Waals surface area contributed by atoms with Crippen LogP contribution in [0.1, 0.15) is 56.1 Å². The lowest BCUT2D eigenvalue weighted by Crippen LogP contribution is -2.42. The van der Waals surface area contributed by atoms with Gasteiger partial charge in [-0.3, -0.25) is 4.79 Å². The lowest BCUT2D eigenvalue weighted by atomic mass is 9.76. The van der Waals surface area contributed by atoms with E-state index in [1.807, 2.05) is 31.2 Å². The molecule has 1 saturated heterocycles. The normalized spacial score (nSPS) is 25.4. The van der Waals surface area contributed by atoms with Gasteiger partial charge in [-0.05, 0) is 37.8 Å². The van der Waals surface area contributed by atoms with Crippen LogP contribution in [0.2, 0.25) is 0 Å². The summed E-state index contributed by atoms with van der Waals surface area (Å²) in [6, 6.07) is 10.2. The Balaban J connectivity index is 1.38. The first-order chi connectivity index (χ1) is 16.3. The Bertz CT molecular complexity index is 1210. The Kier molecular flexibility index (Phi) is 5.88. The summed E-state index contributed by atoms with van der Waals surface area (Å²) in [5, 5.41) is 12.4. The van der Waals surface area contributed by atoms with Gasteiger partial charge in [-0.1, -0.05) is 25.0 Å². The minimum atomic E-state index is -2.93. The third-order valence-corrected chi connectivity index (χ3v) is 8.99. The topological polar surface area (TPSA) is 116 Å². The number of hydrogen-bond acceptors (Lipinski definition) is 7. The Hall–Kier alpha value is -2.86. The van der Waals surface area contributed by atoms with Crippen molar-refractivity contribution >= 4 is 21.4 Å². The van der Waals surface area contributed by atoms with Gasteiger partial charge >= 0.3 is 0 Å². The van der Waals surface area contributed by atoms with Gasteiger partial charge in [0.15, 0.2) is 15.7 Å². The van der Waals surface area contributed by atoms with Gasteiger partial charge in [0.2, 0.25) is 5.91 Å². The second-order valence-corrected chi connectivity index (χ2v) is 12.1.